The van der Waals surface area contributed by atoms with Crippen LogP contribution in [0.25, 0.3) is 0 Å². The topological polar surface area (TPSA) is 183 Å². The lowest BCUT2D eigenvalue weighted by Gasteiger charge is -2.38. The van der Waals surface area contributed by atoms with Crippen LogP contribution in [0.4, 0.5) is 4.79 Å². The zero-order chi connectivity index (χ0) is 37.8. The zero-order valence-corrected chi connectivity index (χ0v) is 32.2. The summed E-state index contributed by atoms with van der Waals surface area (Å²) < 4.78 is 15.9. The van der Waals surface area contributed by atoms with Gasteiger partial charge in [0.25, 0.3) is 11.8 Å². The van der Waals surface area contributed by atoms with E-state index in [-0.39, 0.29) is 54.5 Å². The summed E-state index contributed by atoms with van der Waals surface area (Å²) in [5.41, 5.74) is -0.640. The molecule has 0 aromatic rings. The number of carbonyl (C=O) groups is 6. The van der Waals surface area contributed by atoms with Crippen LogP contribution in [0.3, 0.4) is 0 Å². The first-order chi connectivity index (χ1) is 23.9. The van der Waals surface area contributed by atoms with E-state index in [1.165, 1.54) is 17.3 Å². The second kappa shape index (κ2) is 16.7. The molecule has 2 saturated carbocycles. The summed E-state index contributed by atoms with van der Waals surface area (Å²) >= 11 is -1.65. The van der Waals surface area contributed by atoms with E-state index in [2.05, 4.69) is 41.7 Å². The molecule has 286 valence electrons. The third-order valence-electron chi connectivity index (χ3n) is 11.3. The van der Waals surface area contributed by atoms with Gasteiger partial charge in [-0.15, -0.1) is 10.9 Å². The van der Waals surface area contributed by atoms with Gasteiger partial charge in [-0.2, -0.15) is 0 Å². The molecule has 7 atom stereocenters. The lowest BCUT2D eigenvalue weighted by Crippen LogP contribution is -2.61. The first kappa shape index (κ1) is 40.6. The number of piperidine rings is 1. The van der Waals surface area contributed by atoms with Crippen molar-refractivity contribution in [3.05, 3.63) is 12.7 Å². The maximum atomic E-state index is 14.6. The van der Waals surface area contributed by atoms with E-state index in [0.717, 1.165) is 32.1 Å². The first-order valence-electron chi connectivity index (χ1n) is 18.5. The number of nitrogens with one attached hydrogen (secondary N) is 4. The molecule has 0 spiro atoms. The lowest BCUT2D eigenvalue weighted by molar-refractivity contribution is -0.144. The number of fused-ring (bicyclic) bond motifs is 1. The molecule has 15 heteroatoms. The Morgan fingerprint density at radius 2 is 1.69 bits per heavy atom. The zero-order valence-electron chi connectivity index (χ0n) is 31.4. The highest BCUT2D eigenvalue weighted by Gasteiger charge is 2.69. The van der Waals surface area contributed by atoms with E-state index >= 15 is 0 Å². The van der Waals surface area contributed by atoms with Gasteiger partial charge in [0.1, 0.15) is 12.1 Å². The fourth-order valence-corrected chi connectivity index (χ4v) is 9.32. The second-order valence-electron chi connectivity index (χ2n) is 16.3. The molecule has 4 rings (SSSR count). The van der Waals surface area contributed by atoms with Gasteiger partial charge < -0.3 is 30.7 Å². The Morgan fingerprint density at radius 1 is 1.02 bits per heavy atom. The molecule has 4 fully saturated rings. The van der Waals surface area contributed by atoms with Crippen LogP contribution in [-0.2, 0) is 35.5 Å². The molecule has 51 heavy (non-hydrogen) atoms. The smallest absolute Gasteiger partial charge is 0.315 e. The molecule has 2 saturated heterocycles. The molecular weight excluding hydrogens is 675 g/mol. The summed E-state index contributed by atoms with van der Waals surface area (Å²) in [7, 11) is 0. The third-order valence-corrected chi connectivity index (χ3v) is 12.9. The number of carbonyl (C=O) groups excluding carboxylic acids is 6. The van der Waals surface area contributed by atoms with Crippen molar-refractivity contribution in [2.24, 2.45) is 28.6 Å². The van der Waals surface area contributed by atoms with E-state index < -0.39 is 64.8 Å². The Bertz CT molecular complexity index is 1350. The van der Waals surface area contributed by atoms with Gasteiger partial charge in [0.05, 0.1) is 31.7 Å². The summed E-state index contributed by atoms with van der Waals surface area (Å²) in [5.74, 6) is -2.80. The molecule has 0 aromatic carbocycles. The van der Waals surface area contributed by atoms with Crippen LogP contribution in [-0.4, -0.2) is 110 Å². The Labute approximate surface area is 306 Å². The van der Waals surface area contributed by atoms with Gasteiger partial charge in [-0.1, -0.05) is 77.6 Å². The molecule has 2 aliphatic carbocycles. The lowest BCUT2D eigenvalue weighted by atomic mass is 9.83. The minimum Gasteiger partial charge on any atom is -0.573 e. The second-order valence-corrected chi connectivity index (χ2v) is 17.7. The van der Waals surface area contributed by atoms with Crippen LogP contribution in [0, 0.1) is 28.6 Å². The molecule has 0 bridgehead atoms. The van der Waals surface area contributed by atoms with Gasteiger partial charge in [-0.25, -0.2) is 4.79 Å². The molecule has 2 aliphatic heterocycles. The summed E-state index contributed by atoms with van der Waals surface area (Å²) in [4.78, 5) is 81.6. The normalized spacial score (nSPS) is 26.4. The molecule has 14 nitrogen and oxygen atoms in total. The monoisotopic (exact) mass is 733 g/mol. The number of amides is 6. The van der Waals surface area contributed by atoms with E-state index in [1.807, 2.05) is 27.7 Å². The summed E-state index contributed by atoms with van der Waals surface area (Å²) in [6, 6.07) is -3.77. The molecule has 2 heterocycles. The Hall–Kier alpha value is -3.17. The molecule has 0 aromatic heterocycles. The van der Waals surface area contributed by atoms with E-state index in [0.29, 0.717) is 26.1 Å². The summed E-state index contributed by atoms with van der Waals surface area (Å²) in [6.07, 6.45) is 6.68. The highest BCUT2D eigenvalue weighted by molar-refractivity contribution is 7.87. The molecular formula is C36H59N7O7S. The highest BCUT2D eigenvalue weighted by Crippen LogP contribution is 2.65. The van der Waals surface area contributed by atoms with Gasteiger partial charge in [-0.3, -0.25) is 24.0 Å². The molecule has 4 aliphatic rings. The Kier molecular flexibility index (Phi) is 13.3. The van der Waals surface area contributed by atoms with Gasteiger partial charge >= 0.3 is 6.03 Å². The number of Topliss-reactive ketones (excluding diaryl/α,β-unsaturated/α-hetero) is 1. The molecule has 4 N–H and O–H groups in total. The fourth-order valence-electron chi connectivity index (χ4n) is 8.07. The summed E-state index contributed by atoms with van der Waals surface area (Å²) in [5, 5.41) is 11.4. The van der Waals surface area contributed by atoms with Gasteiger partial charge in [0.15, 0.2) is 11.5 Å². The van der Waals surface area contributed by atoms with Gasteiger partial charge in [-0.05, 0) is 47.8 Å². The third kappa shape index (κ3) is 9.26. The fraction of sp³-hybridized carbons (Fsp3) is 0.778. The van der Waals surface area contributed by atoms with Crippen LogP contribution in [0.15, 0.2) is 12.7 Å². The van der Waals surface area contributed by atoms with Gasteiger partial charge in [0.2, 0.25) is 17.6 Å². The first-order valence-corrected chi connectivity index (χ1v) is 19.6. The molecule has 0 radical (unpaired) electrons. The van der Waals surface area contributed by atoms with E-state index in [1.54, 1.807) is 9.21 Å². The minimum atomic E-state index is -1.65. The van der Waals surface area contributed by atoms with Crippen molar-refractivity contribution < 1.29 is 33.3 Å². The number of likely N-dealkylation sites (tertiary alicyclic amines) is 1. The quantitative estimate of drug-likeness (QED) is 0.119. The standard InChI is InChI=1S/C36H59N7O7S/c1-9-14-25(30(45)32(47)37-17-10-2)38-31(46)29-27-24(36(27,7)8)20-42(29)33(48)28(23-15-12-11-13-16-23)40-34(49)39-26(35(4,5)6)21-41-18-19-43(22(3)44)51(41)50/h10,23-29H,2,9,11-21H2,1,3-8H3,(H,37,47)(H,38,46)(H2,39,40,49)/t24?,25?,26-,27+,28+,29+,51?/m1/s1. The number of hydrogen-bond acceptors (Lipinski definition) is 8. The number of urea groups is 1. The van der Waals surface area contributed by atoms with Crippen molar-refractivity contribution in [1.29, 1.82) is 0 Å². The van der Waals surface area contributed by atoms with Crippen LogP contribution in [0.5, 0.6) is 0 Å². The minimum absolute atomic E-state index is 0.0791. The van der Waals surface area contributed by atoms with Crippen molar-refractivity contribution in [2.45, 2.75) is 118 Å². The van der Waals surface area contributed by atoms with Crippen LogP contribution < -0.4 is 21.3 Å². The largest absolute Gasteiger partial charge is 0.573 e. The Balaban J connectivity index is 1.53. The highest BCUT2D eigenvalue weighted by atomic mass is 32.2. The van der Waals surface area contributed by atoms with Crippen LogP contribution >= 0.6 is 0 Å². The number of hydrogen-bond donors (Lipinski definition) is 4. The van der Waals surface area contributed by atoms with Gasteiger partial charge in [0, 0.05) is 20.0 Å². The molecule has 6 amide bonds. The summed E-state index contributed by atoms with van der Waals surface area (Å²) in [6.45, 7) is 18.3. The average Bonchev–Trinajstić information content (AvgIpc) is 3.37. The Morgan fingerprint density at radius 3 is 2.25 bits per heavy atom. The van der Waals surface area contributed by atoms with E-state index in [4.69, 9.17) is 0 Å². The van der Waals surface area contributed by atoms with Crippen molar-refractivity contribution >= 4 is 47.0 Å². The number of rotatable bonds is 14. The average molecular weight is 734 g/mol. The predicted octanol–water partition coefficient (Wildman–Crippen LogP) is 2.03. The van der Waals surface area contributed by atoms with Crippen LogP contribution in [0.2, 0.25) is 0 Å². The molecule has 3 unspecified atom stereocenters. The van der Waals surface area contributed by atoms with Crippen LogP contribution in [0.1, 0.15) is 93.4 Å². The SMILES string of the molecule is C=CCNC(=O)C(=O)C(CCC)NC(=O)[C@@H]1[C@@H]2C(CN1C(=O)[C@@H](NC(=O)N[C@H](CN1CCN(C(C)=O)[S+]1[O-])C(C)(C)C)C1CCCCC1)C2(C)C. The van der Waals surface area contributed by atoms with Crippen molar-refractivity contribution in [2.75, 3.05) is 32.7 Å². The van der Waals surface area contributed by atoms with Crippen molar-refractivity contribution in [3.8, 4) is 0 Å². The van der Waals surface area contributed by atoms with E-state index in [9.17, 15) is 33.3 Å². The number of nitrogens with zero attached hydrogens (tertiary/aromatic N) is 3. The predicted molar refractivity (Wildman–Crippen MR) is 194 cm³/mol. The number of ketones is 1. The maximum Gasteiger partial charge on any atom is 0.315 e. The maximum absolute atomic E-state index is 14.6. The van der Waals surface area contributed by atoms with Crippen molar-refractivity contribution in [1.82, 2.24) is 34.8 Å². The van der Waals surface area contributed by atoms with Crippen molar-refractivity contribution in [3.63, 3.8) is 0 Å².